The Kier molecular flexibility index (Phi) is 9.34. The molecule has 1 aliphatic heterocycles. The number of aliphatic hydroxyl groups is 2. The summed E-state index contributed by atoms with van der Waals surface area (Å²) in [6, 6.07) is 28.6. The minimum Gasteiger partial charge on any atom is -0.394 e. The Labute approximate surface area is 271 Å². The summed E-state index contributed by atoms with van der Waals surface area (Å²) in [5.74, 6) is 0.411. The zero-order valence-corrected chi connectivity index (χ0v) is 26.4. The van der Waals surface area contributed by atoms with Crippen molar-refractivity contribution in [2.24, 2.45) is 5.73 Å². The van der Waals surface area contributed by atoms with Crippen LogP contribution in [0, 0.1) is 0 Å². The molecule has 0 bridgehead atoms. The van der Waals surface area contributed by atoms with Crippen LogP contribution >= 0.6 is 11.8 Å². The molecule has 2 aromatic heterocycles. The molecule has 0 saturated carbocycles. The fourth-order valence-electron chi connectivity index (χ4n) is 5.99. The van der Waals surface area contributed by atoms with Crippen LogP contribution in [0.5, 0.6) is 0 Å². The first kappa shape index (κ1) is 31.6. The number of rotatable bonds is 11. The van der Waals surface area contributed by atoms with Gasteiger partial charge in [0.1, 0.15) is 18.5 Å². The lowest BCUT2D eigenvalue weighted by atomic mass is 9.84. The number of amides is 1. The summed E-state index contributed by atoms with van der Waals surface area (Å²) in [6.07, 6.45) is -0.124. The molecule has 12 heteroatoms. The summed E-state index contributed by atoms with van der Waals surface area (Å²) in [6.45, 7) is -0.424. The predicted molar refractivity (Wildman–Crippen MR) is 178 cm³/mol. The fraction of sp³-hybridized carbons (Fsp3) is 0.294. The van der Waals surface area contributed by atoms with E-state index in [0.29, 0.717) is 17.0 Å². The van der Waals surface area contributed by atoms with E-state index in [1.807, 2.05) is 73.6 Å². The van der Waals surface area contributed by atoms with Crippen LogP contribution < -0.4 is 16.0 Å². The Morgan fingerprint density at radius 3 is 2.07 bits per heavy atom. The Balaban J connectivity index is 1.24. The molecule has 5 N–H and O–H groups in total. The van der Waals surface area contributed by atoms with Crippen molar-refractivity contribution in [3.05, 3.63) is 120 Å². The zero-order valence-electron chi connectivity index (χ0n) is 25.5. The van der Waals surface area contributed by atoms with Gasteiger partial charge in [-0.2, -0.15) is 0 Å². The summed E-state index contributed by atoms with van der Waals surface area (Å²) in [7, 11) is 3.69. The molecule has 1 amide bonds. The molecule has 0 radical (unpaired) electrons. The first-order chi connectivity index (χ1) is 22.3. The van der Waals surface area contributed by atoms with Crippen molar-refractivity contribution in [2.75, 3.05) is 31.4 Å². The van der Waals surface area contributed by atoms with E-state index in [-0.39, 0.29) is 5.75 Å². The number of ether oxygens (including phenoxy) is 1. The number of imidazole rings is 1. The van der Waals surface area contributed by atoms with Gasteiger partial charge in [0.25, 0.3) is 0 Å². The molecule has 0 aliphatic carbocycles. The standard InChI is InChI=1S/C34H37N7O4S/c1-40(2)30-28-31(37-20-36-30)41(21-38-28)33-29(43)27(26(18-42)45-33)39-32(44)25(35)19-46-34(22-12-6-3-7-13-22,23-14-8-4-9-15-23)24-16-10-5-11-17-24/h3-17,20-21,25-27,29,33,42-43H,18-19,35H2,1-2H3,(H,39,44)/t25-,26-,27-,29-,33-/m1/s1. The lowest BCUT2D eigenvalue weighted by Gasteiger charge is -2.36. The van der Waals surface area contributed by atoms with E-state index in [1.165, 1.54) is 12.7 Å². The van der Waals surface area contributed by atoms with Gasteiger partial charge in [0.15, 0.2) is 23.2 Å². The number of carbonyl (C=O) groups excluding carboxylic acids is 1. The fourth-order valence-corrected chi connectivity index (χ4v) is 7.48. The SMILES string of the molecule is CN(C)c1ncnc2c1ncn2[C@@H]1O[C@H](CO)[C@@H](NC(=O)[C@H](N)CSC(c2ccccc2)(c2ccccc2)c2ccccc2)[C@H]1O. The molecule has 3 heterocycles. The number of aliphatic hydroxyl groups excluding tert-OH is 2. The van der Waals surface area contributed by atoms with E-state index in [1.54, 1.807) is 16.3 Å². The maximum atomic E-state index is 13.6. The van der Waals surface area contributed by atoms with Crippen LogP contribution in [0.15, 0.2) is 104 Å². The molecule has 0 spiro atoms. The van der Waals surface area contributed by atoms with Crippen LogP contribution in [-0.4, -0.2) is 86.4 Å². The van der Waals surface area contributed by atoms with Crippen molar-refractivity contribution in [1.82, 2.24) is 24.8 Å². The van der Waals surface area contributed by atoms with Gasteiger partial charge < -0.3 is 30.9 Å². The second-order valence-corrected chi connectivity index (χ2v) is 12.6. The summed E-state index contributed by atoms with van der Waals surface area (Å²) >= 11 is 1.57. The molecule has 46 heavy (non-hydrogen) atoms. The second kappa shape index (κ2) is 13.6. The first-order valence-corrected chi connectivity index (χ1v) is 16.0. The van der Waals surface area contributed by atoms with Crippen molar-refractivity contribution >= 4 is 34.7 Å². The summed E-state index contributed by atoms with van der Waals surface area (Å²) < 4.78 is 6.99. The first-order valence-electron chi connectivity index (χ1n) is 15.0. The number of nitrogens with zero attached hydrogens (tertiary/aromatic N) is 5. The highest BCUT2D eigenvalue weighted by molar-refractivity contribution is 8.00. The van der Waals surface area contributed by atoms with E-state index in [4.69, 9.17) is 10.5 Å². The van der Waals surface area contributed by atoms with Crippen LogP contribution in [0.1, 0.15) is 22.9 Å². The van der Waals surface area contributed by atoms with Crippen LogP contribution in [0.2, 0.25) is 0 Å². The quantitative estimate of drug-likeness (QED) is 0.159. The molecule has 6 rings (SSSR count). The minimum absolute atomic E-state index is 0.262. The number of carbonyl (C=O) groups is 1. The molecule has 3 aromatic carbocycles. The van der Waals surface area contributed by atoms with Crippen molar-refractivity contribution in [1.29, 1.82) is 0 Å². The molecule has 238 valence electrons. The number of hydrogen-bond acceptors (Lipinski definition) is 10. The second-order valence-electron chi connectivity index (χ2n) is 11.4. The predicted octanol–water partition coefficient (Wildman–Crippen LogP) is 2.68. The number of hydrogen-bond donors (Lipinski definition) is 4. The van der Waals surface area contributed by atoms with Crippen LogP contribution in [0.4, 0.5) is 5.82 Å². The summed E-state index contributed by atoms with van der Waals surface area (Å²) in [4.78, 5) is 28.5. The molecule has 1 aliphatic rings. The Hall–Kier alpha value is -4.33. The minimum atomic E-state index is -1.21. The molecular formula is C34H37N7O4S. The van der Waals surface area contributed by atoms with Gasteiger partial charge in [0, 0.05) is 19.8 Å². The highest BCUT2D eigenvalue weighted by Gasteiger charge is 2.46. The molecule has 11 nitrogen and oxygen atoms in total. The van der Waals surface area contributed by atoms with Gasteiger partial charge in [-0.15, -0.1) is 11.8 Å². The summed E-state index contributed by atoms with van der Waals surface area (Å²) in [5, 5.41) is 24.4. The van der Waals surface area contributed by atoms with Gasteiger partial charge in [0.05, 0.1) is 29.8 Å². The average molecular weight is 640 g/mol. The maximum Gasteiger partial charge on any atom is 0.238 e. The van der Waals surface area contributed by atoms with Gasteiger partial charge >= 0.3 is 0 Å². The van der Waals surface area contributed by atoms with Crippen molar-refractivity contribution in [3.8, 4) is 0 Å². The number of nitrogens with one attached hydrogen (secondary N) is 1. The Morgan fingerprint density at radius 1 is 0.978 bits per heavy atom. The summed E-state index contributed by atoms with van der Waals surface area (Å²) in [5.41, 5.74) is 10.7. The zero-order chi connectivity index (χ0) is 32.3. The average Bonchev–Trinajstić information content (AvgIpc) is 3.66. The Bertz CT molecular complexity index is 1660. The van der Waals surface area contributed by atoms with Crippen molar-refractivity contribution in [3.63, 3.8) is 0 Å². The van der Waals surface area contributed by atoms with E-state index in [2.05, 4.69) is 56.7 Å². The van der Waals surface area contributed by atoms with Crippen molar-refractivity contribution in [2.45, 2.75) is 35.3 Å². The maximum absolute atomic E-state index is 13.6. The molecule has 0 unspecified atom stereocenters. The number of aromatic nitrogens is 4. The van der Waals surface area contributed by atoms with E-state index in [9.17, 15) is 15.0 Å². The van der Waals surface area contributed by atoms with Crippen molar-refractivity contribution < 1.29 is 19.7 Å². The number of benzene rings is 3. The number of thioether (sulfide) groups is 1. The monoisotopic (exact) mass is 639 g/mol. The highest BCUT2D eigenvalue weighted by atomic mass is 32.2. The van der Waals surface area contributed by atoms with Crippen LogP contribution in [-0.2, 0) is 14.3 Å². The topological polar surface area (TPSA) is 152 Å². The van der Waals surface area contributed by atoms with Gasteiger partial charge in [-0.05, 0) is 16.7 Å². The third kappa shape index (κ3) is 5.85. The molecule has 1 fully saturated rings. The molecular weight excluding hydrogens is 602 g/mol. The number of nitrogens with two attached hydrogens (primary N) is 1. The highest BCUT2D eigenvalue weighted by Crippen LogP contribution is 2.48. The van der Waals surface area contributed by atoms with Crippen LogP contribution in [0.25, 0.3) is 11.2 Å². The molecule has 5 aromatic rings. The van der Waals surface area contributed by atoms with E-state index in [0.717, 1.165) is 16.7 Å². The Morgan fingerprint density at radius 2 is 1.54 bits per heavy atom. The van der Waals surface area contributed by atoms with Crippen LogP contribution in [0.3, 0.4) is 0 Å². The van der Waals surface area contributed by atoms with Gasteiger partial charge in [-0.1, -0.05) is 91.0 Å². The number of anilines is 1. The smallest absolute Gasteiger partial charge is 0.238 e. The van der Waals surface area contributed by atoms with Gasteiger partial charge in [-0.25, -0.2) is 15.0 Å². The molecule has 1 saturated heterocycles. The normalized spacial score (nSPS) is 20.5. The largest absolute Gasteiger partial charge is 0.394 e. The third-order valence-electron chi connectivity index (χ3n) is 8.26. The van der Waals surface area contributed by atoms with E-state index < -0.39 is 47.8 Å². The third-order valence-corrected chi connectivity index (χ3v) is 9.92. The van der Waals surface area contributed by atoms with Gasteiger partial charge in [0.2, 0.25) is 5.91 Å². The van der Waals surface area contributed by atoms with Gasteiger partial charge in [-0.3, -0.25) is 9.36 Å². The number of fused-ring (bicyclic) bond motifs is 1. The lowest BCUT2D eigenvalue weighted by Crippen LogP contribution is -2.54. The molecule has 5 atom stereocenters. The lowest BCUT2D eigenvalue weighted by molar-refractivity contribution is -0.123. The van der Waals surface area contributed by atoms with E-state index >= 15 is 0 Å².